The minimum atomic E-state index is -0.0483. The van der Waals surface area contributed by atoms with Gasteiger partial charge in [0.25, 0.3) is 0 Å². The molecule has 2 nitrogen and oxygen atoms in total. The molecule has 0 unspecified atom stereocenters. The van der Waals surface area contributed by atoms with Crippen molar-refractivity contribution in [3.05, 3.63) is 83.4 Å². The zero-order valence-corrected chi connectivity index (χ0v) is 13.2. The summed E-state index contributed by atoms with van der Waals surface area (Å²) in [6.07, 6.45) is 3.34. The van der Waals surface area contributed by atoms with Gasteiger partial charge >= 0.3 is 0 Å². The molecule has 0 aliphatic rings. The highest BCUT2D eigenvalue weighted by Gasteiger charge is 2.10. The van der Waals surface area contributed by atoms with Crippen LogP contribution in [0.25, 0.3) is 5.57 Å². The number of carbonyl (C=O) groups is 1. The minimum Gasteiger partial charge on any atom is -0.497 e. The molecule has 2 rings (SSSR count). The van der Waals surface area contributed by atoms with E-state index in [0.29, 0.717) is 11.3 Å². The Labute approximate surface area is 131 Å². The number of ether oxygens (including phenoxy) is 1. The van der Waals surface area contributed by atoms with E-state index in [4.69, 9.17) is 4.74 Å². The van der Waals surface area contributed by atoms with Crippen molar-refractivity contribution in [1.29, 1.82) is 0 Å². The van der Waals surface area contributed by atoms with E-state index < -0.39 is 0 Å². The van der Waals surface area contributed by atoms with Crippen molar-refractivity contribution in [3.63, 3.8) is 0 Å². The van der Waals surface area contributed by atoms with E-state index in [-0.39, 0.29) is 5.78 Å². The van der Waals surface area contributed by atoms with Crippen LogP contribution in [0.2, 0.25) is 0 Å². The van der Waals surface area contributed by atoms with Crippen molar-refractivity contribution >= 4 is 11.4 Å². The molecule has 0 aromatic heterocycles. The van der Waals surface area contributed by atoms with Crippen LogP contribution in [0, 0.1) is 13.8 Å². The van der Waals surface area contributed by atoms with Gasteiger partial charge in [-0.3, -0.25) is 4.79 Å². The number of carbonyl (C=O) groups excluding carboxylic acids is 1. The molecule has 0 spiro atoms. The van der Waals surface area contributed by atoms with Gasteiger partial charge in [-0.25, -0.2) is 0 Å². The second-order valence-corrected chi connectivity index (χ2v) is 5.22. The largest absolute Gasteiger partial charge is 0.497 e. The van der Waals surface area contributed by atoms with Gasteiger partial charge in [0.2, 0.25) is 0 Å². The summed E-state index contributed by atoms with van der Waals surface area (Å²) in [6.45, 7) is 7.77. The van der Waals surface area contributed by atoms with Crippen LogP contribution in [0.15, 0.2) is 61.2 Å². The number of benzene rings is 2. The summed E-state index contributed by atoms with van der Waals surface area (Å²) in [5.41, 5.74) is 4.52. The molecule has 0 aliphatic heterocycles. The average Bonchev–Trinajstić information content (AvgIpc) is 2.52. The van der Waals surface area contributed by atoms with Gasteiger partial charge in [0.1, 0.15) is 5.75 Å². The molecular weight excluding hydrogens is 272 g/mol. The van der Waals surface area contributed by atoms with E-state index in [9.17, 15) is 4.79 Å². The van der Waals surface area contributed by atoms with Gasteiger partial charge in [-0.15, -0.1) is 0 Å². The zero-order valence-electron chi connectivity index (χ0n) is 13.2. The maximum Gasteiger partial charge on any atom is 0.186 e. The standard InChI is InChI=1S/C20H20O2/c1-5-16(17-8-6-7-14(2)11-17)12-20(21)19-13-18(22-4)10-9-15(19)3/h5-13H,1H2,2-4H3/b16-12+. The van der Waals surface area contributed by atoms with Crippen LogP contribution in [-0.2, 0) is 0 Å². The Bertz CT molecular complexity index is 739. The molecule has 22 heavy (non-hydrogen) atoms. The fourth-order valence-electron chi connectivity index (χ4n) is 2.30. The smallest absolute Gasteiger partial charge is 0.186 e. The highest BCUT2D eigenvalue weighted by atomic mass is 16.5. The Morgan fingerprint density at radius 1 is 1.14 bits per heavy atom. The number of rotatable bonds is 5. The molecule has 0 bridgehead atoms. The molecule has 2 heteroatoms. The Morgan fingerprint density at radius 3 is 2.55 bits per heavy atom. The van der Waals surface area contributed by atoms with Crippen LogP contribution in [0.1, 0.15) is 27.0 Å². The Hall–Kier alpha value is -2.61. The Balaban J connectivity index is 2.42. The Kier molecular flexibility index (Phi) is 4.95. The summed E-state index contributed by atoms with van der Waals surface area (Å²) in [5, 5.41) is 0. The zero-order chi connectivity index (χ0) is 16.1. The normalized spacial score (nSPS) is 11.1. The number of ketones is 1. The predicted octanol–water partition coefficient (Wildman–Crippen LogP) is 4.76. The molecule has 0 saturated heterocycles. The van der Waals surface area contributed by atoms with Crippen molar-refractivity contribution < 1.29 is 9.53 Å². The number of allylic oxidation sites excluding steroid dienone is 3. The highest BCUT2D eigenvalue weighted by molar-refractivity contribution is 6.10. The summed E-state index contributed by atoms with van der Waals surface area (Å²) in [5.74, 6) is 0.630. The summed E-state index contributed by atoms with van der Waals surface area (Å²) in [4.78, 5) is 12.6. The first-order valence-corrected chi connectivity index (χ1v) is 7.15. The molecule has 0 aliphatic carbocycles. The second-order valence-electron chi connectivity index (χ2n) is 5.22. The average molecular weight is 292 g/mol. The fourth-order valence-corrected chi connectivity index (χ4v) is 2.30. The maximum absolute atomic E-state index is 12.6. The van der Waals surface area contributed by atoms with E-state index in [1.54, 1.807) is 25.3 Å². The molecule has 112 valence electrons. The van der Waals surface area contributed by atoms with Crippen molar-refractivity contribution in [2.75, 3.05) is 7.11 Å². The van der Waals surface area contributed by atoms with Crippen LogP contribution >= 0.6 is 0 Å². The molecule has 0 radical (unpaired) electrons. The van der Waals surface area contributed by atoms with Crippen LogP contribution < -0.4 is 4.74 Å². The molecule has 0 fully saturated rings. The first-order chi connectivity index (χ1) is 10.5. The third-order valence-corrected chi connectivity index (χ3v) is 3.57. The summed E-state index contributed by atoms with van der Waals surface area (Å²) >= 11 is 0. The first kappa shape index (κ1) is 15.8. The third kappa shape index (κ3) is 3.53. The summed E-state index contributed by atoms with van der Waals surface area (Å²) in [6, 6.07) is 13.5. The van der Waals surface area contributed by atoms with Gasteiger partial charge in [-0.05, 0) is 48.8 Å². The number of hydrogen-bond donors (Lipinski definition) is 0. The van der Waals surface area contributed by atoms with E-state index in [0.717, 1.165) is 22.3 Å². The molecule has 0 saturated carbocycles. The molecule has 0 atom stereocenters. The highest BCUT2D eigenvalue weighted by Crippen LogP contribution is 2.21. The number of aryl methyl sites for hydroxylation is 2. The SMILES string of the molecule is C=C/C(=C\C(=O)c1cc(OC)ccc1C)c1cccc(C)c1. The summed E-state index contributed by atoms with van der Waals surface area (Å²) in [7, 11) is 1.59. The predicted molar refractivity (Wildman–Crippen MR) is 91.4 cm³/mol. The van der Waals surface area contributed by atoms with Gasteiger partial charge in [-0.1, -0.05) is 48.6 Å². The van der Waals surface area contributed by atoms with Gasteiger partial charge in [0.05, 0.1) is 7.11 Å². The van der Waals surface area contributed by atoms with Gasteiger partial charge in [-0.2, -0.15) is 0 Å². The lowest BCUT2D eigenvalue weighted by Gasteiger charge is -2.07. The molecule has 2 aromatic carbocycles. The van der Waals surface area contributed by atoms with Gasteiger partial charge < -0.3 is 4.74 Å². The molecule has 0 amide bonds. The molecule has 0 N–H and O–H groups in total. The van der Waals surface area contributed by atoms with E-state index >= 15 is 0 Å². The van der Waals surface area contributed by atoms with E-state index in [1.165, 1.54) is 0 Å². The van der Waals surface area contributed by atoms with Gasteiger partial charge in [0.15, 0.2) is 5.78 Å². The monoisotopic (exact) mass is 292 g/mol. The molecule has 0 heterocycles. The second kappa shape index (κ2) is 6.90. The maximum atomic E-state index is 12.6. The lowest BCUT2D eigenvalue weighted by atomic mass is 9.98. The summed E-state index contributed by atoms with van der Waals surface area (Å²) < 4.78 is 5.20. The van der Waals surface area contributed by atoms with Crippen LogP contribution in [0.5, 0.6) is 5.75 Å². The number of methoxy groups -OCH3 is 1. The van der Waals surface area contributed by atoms with Crippen LogP contribution in [0.3, 0.4) is 0 Å². The van der Waals surface area contributed by atoms with Crippen LogP contribution in [0.4, 0.5) is 0 Å². The number of hydrogen-bond acceptors (Lipinski definition) is 2. The van der Waals surface area contributed by atoms with Crippen LogP contribution in [-0.4, -0.2) is 12.9 Å². The molecule has 2 aromatic rings. The third-order valence-electron chi connectivity index (χ3n) is 3.57. The topological polar surface area (TPSA) is 26.3 Å². The van der Waals surface area contributed by atoms with Crippen molar-refractivity contribution in [1.82, 2.24) is 0 Å². The van der Waals surface area contributed by atoms with E-state index in [2.05, 4.69) is 6.58 Å². The van der Waals surface area contributed by atoms with Crippen molar-refractivity contribution in [2.45, 2.75) is 13.8 Å². The van der Waals surface area contributed by atoms with E-state index in [1.807, 2.05) is 50.2 Å². The lowest BCUT2D eigenvalue weighted by Crippen LogP contribution is -2.00. The fraction of sp³-hybridized carbons (Fsp3) is 0.150. The Morgan fingerprint density at radius 2 is 1.91 bits per heavy atom. The first-order valence-electron chi connectivity index (χ1n) is 7.15. The van der Waals surface area contributed by atoms with Crippen molar-refractivity contribution in [2.24, 2.45) is 0 Å². The van der Waals surface area contributed by atoms with Gasteiger partial charge in [0, 0.05) is 5.56 Å². The lowest BCUT2D eigenvalue weighted by molar-refractivity contribution is 0.104. The minimum absolute atomic E-state index is 0.0483. The quantitative estimate of drug-likeness (QED) is 0.451. The molecular formula is C20H20O2. The van der Waals surface area contributed by atoms with Crippen molar-refractivity contribution in [3.8, 4) is 5.75 Å².